The lowest BCUT2D eigenvalue weighted by atomic mass is 10.2. The van der Waals surface area contributed by atoms with Crippen LogP contribution < -0.4 is 19.5 Å². The van der Waals surface area contributed by atoms with Crippen molar-refractivity contribution in [3.63, 3.8) is 0 Å². The van der Waals surface area contributed by atoms with Gasteiger partial charge in [-0.2, -0.15) is 0 Å². The van der Waals surface area contributed by atoms with E-state index in [1.807, 2.05) is 0 Å². The standard InChI is InChI=1S/C19H19NO6/c1-3-23-19(22)13-4-7-15(8-5-13)26-12(2)18(21)20-14-6-9-16-17(10-14)25-11-24-16/h4-10,12H,3,11H2,1-2H3,(H,20,21)/t12-/m1/s1. The van der Waals surface area contributed by atoms with Crippen LogP contribution in [0.1, 0.15) is 24.2 Å². The van der Waals surface area contributed by atoms with Crippen LogP contribution in [0.15, 0.2) is 42.5 Å². The summed E-state index contributed by atoms with van der Waals surface area (Å²) < 4.78 is 21.1. The molecule has 0 unspecified atom stereocenters. The average Bonchev–Trinajstić information content (AvgIpc) is 3.10. The Hall–Kier alpha value is -3.22. The van der Waals surface area contributed by atoms with Crippen LogP contribution in [0.4, 0.5) is 5.69 Å². The fourth-order valence-electron chi connectivity index (χ4n) is 2.36. The summed E-state index contributed by atoms with van der Waals surface area (Å²) in [7, 11) is 0. The minimum atomic E-state index is -0.728. The van der Waals surface area contributed by atoms with E-state index in [9.17, 15) is 9.59 Å². The Labute approximate surface area is 150 Å². The van der Waals surface area contributed by atoms with Crippen molar-refractivity contribution < 1.29 is 28.5 Å². The van der Waals surface area contributed by atoms with E-state index in [1.54, 1.807) is 56.3 Å². The van der Waals surface area contributed by atoms with E-state index in [1.165, 1.54) is 0 Å². The van der Waals surface area contributed by atoms with E-state index in [2.05, 4.69) is 5.32 Å². The largest absolute Gasteiger partial charge is 0.481 e. The summed E-state index contributed by atoms with van der Waals surface area (Å²) in [6.07, 6.45) is -0.728. The summed E-state index contributed by atoms with van der Waals surface area (Å²) in [4.78, 5) is 23.9. The molecule has 2 aromatic rings. The number of ether oxygens (including phenoxy) is 4. The lowest BCUT2D eigenvalue weighted by Gasteiger charge is -2.15. The van der Waals surface area contributed by atoms with E-state index in [0.717, 1.165) is 0 Å². The van der Waals surface area contributed by atoms with Gasteiger partial charge in [-0.25, -0.2) is 4.79 Å². The molecule has 1 N–H and O–H groups in total. The van der Waals surface area contributed by atoms with Gasteiger partial charge in [0.15, 0.2) is 17.6 Å². The Balaban J connectivity index is 1.58. The van der Waals surface area contributed by atoms with Crippen molar-refractivity contribution in [1.29, 1.82) is 0 Å². The molecule has 7 nitrogen and oxygen atoms in total. The highest BCUT2D eigenvalue weighted by Gasteiger charge is 2.18. The van der Waals surface area contributed by atoms with Crippen LogP contribution in [0.5, 0.6) is 17.2 Å². The van der Waals surface area contributed by atoms with Crippen LogP contribution in [0.2, 0.25) is 0 Å². The number of amides is 1. The molecule has 0 aromatic heterocycles. The molecule has 0 bridgehead atoms. The number of carbonyl (C=O) groups excluding carboxylic acids is 2. The van der Waals surface area contributed by atoms with Crippen LogP contribution >= 0.6 is 0 Å². The summed E-state index contributed by atoms with van der Waals surface area (Å²) in [5.74, 6) is 1.01. The zero-order valence-corrected chi connectivity index (χ0v) is 14.5. The molecule has 3 rings (SSSR count). The van der Waals surface area contributed by atoms with E-state index >= 15 is 0 Å². The van der Waals surface area contributed by atoms with Gasteiger partial charge in [0.1, 0.15) is 5.75 Å². The molecular formula is C19H19NO6. The van der Waals surface area contributed by atoms with Gasteiger partial charge in [-0.05, 0) is 50.2 Å². The monoisotopic (exact) mass is 357 g/mol. The predicted octanol–water partition coefficient (Wildman–Crippen LogP) is 3.00. The Kier molecular flexibility index (Phi) is 5.26. The van der Waals surface area contributed by atoms with Crippen LogP contribution in [0.3, 0.4) is 0 Å². The Bertz CT molecular complexity index is 802. The first-order valence-corrected chi connectivity index (χ1v) is 8.21. The number of anilines is 1. The normalized spacial score (nSPS) is 13.0. The van der Waals surface area contributed by atoms with Gasteiger partial charge in [0.05, 0.1) is 12.2 Å². The third-order valence-corrected chi connectivity index (χ3v) is 3.69. The average molecular weight is 357 g/mol. The minimum Gasteiger partial charge on any atom is -0.481 e. The number of hydrogen-bond acceptors (Lipinski definition) is 6. The number of rotatable bonds is 6. The molecule has 1 heterocycles. The van der Waals surface area contributed by atoms with Crippen molar-refractivity contribution in [3.05, 3.63) is 48.0 Å². The first kappa shape index (κ1) is 17.6. The molecule has 0 aliphatic carbocycles. The maximum atomic E-state index is 12.3. The molecule has 7 heteroatoms. The molecule has 0 saturated carbocycles. The molecule has 0 spiro atoms. The molecule has 136 valence electrons. The van der Waals surface area contributed by atoms with Crippen LogP contribution in [0.25, 0.3) is 0 Å². The summed E-state index contributed by atoms with van der Waals surface area (Å²) in [5.41, 5.74) is 1.02. The number of nitrogens with one attached hydrogen (secondary N) is 1. The van der Waals surface area contributed by atoms with Crippen molar-refractivity contribution in [1.82, 2.24) is 0 Å². The van der Waals surface area contributed by atoms with Gasteiger partial charge < -0.3 is 24.3 Å². The lowest BCUT2D eigenvalue weighted by Crippen LogP contribution is -2.30. The second-order valence-electron chi connectivity index (χ2n) is 5.56. The van der Waals surface area contributed by atoms with Crippen LogP contribution in [-0.2, 0) is 9.53 Å². The fourth-order valence-corrected chi connectivity index (χ4v) is 2.36. The third kappa shape index (κ3) is 4.05. The lowest BCUT2D eigenvalue weighted by molar-refractivity contribution is -0.122. The van der Waals surface area contributed by atoms with Gasteiger partial charge in [-0.1, -0.05) is 0 Å². The van der Waals surface area contributed by atoms with Gasteiger partial charge in [-0.3, -0.25) is 4.79 Å². The van der Waals surface area contributed by atoms with Gasteiger partial charge in [0, 0.05) is 11.8 Å². The molecule has 1 aliphatic heterocycles. The maximum absolute atomic E-state index is 12.3. The van der Waals surface area contributed by atoms with Crippen molar-refractivity contribution in [2.45, 2.75) is 20.0 Å². The van der Waals surface area contributed by atoms with Gasteiger partial charge in [-0.15, -0.1) is 0 Å². The molecule has 1 amide bonds. The zero-order valence-electron chi connectivity index (χ0n) is 14.5. The fraction of sp³-hybridized carbons (Fsp3) is 0.263. The van der Waals surface area contributed by atoms with Gasteiger partial charge >= 0.3 is 5.97 Å². The highest BCUT2D eigenvalue weighted by Crippen LogP contribution is 2.34. The van der Waals surface area contributed by atoms with E-state index in [4.69, 9.17) is 18.9 Å². The van der Waals surface area contributed by atoms with E-state index in [0.29, 0.717) is 35.1 Å². The van der Waals surface area contributed by atoms with Crippen LogP contribution in [0, 0.1) is 0 Å². The Morgan fingerprint density at radius 2 is 1.85 bits per heavy atom. The number of hydrogen-bond donors (Lipinski definition) is 1. The van der Waals surface area contributed by atoms with Crippen molar-refractivity contribution in [2.24, 2.45) is 0 Å². The first-order chi connectivity index (χ1) is 12.6. The number of carbonyl (C=O) groups is 2. The second kappa shape index (κ2) is 7.77. The SMILES string of the molecule is CCOC(=O)c1ccc(O[C@H](C)C(=O)Nc2ccc3c(c2)OCO3)cc1. The molecule has 26 heavy (non-hydrogen) atoms. The summed E-state index contributed by atoms with van der Waals surface area (Å²) in [6, 6.07) is 11.6. The predicted molar refractivity (Wildman–Crippen MR) is 93.7 cm³/mol. The molecule has 0 radical (unpaired) electrons. The van der Waals surface area contributed by atoms with Gasteiger partial charge in [0.25, 0.3) is 5.91 Å². The zero-order chi connectivity index (χ0) is 18.5. The number of esters is 1. The van der Waals surface area contributed by atoms with Crippen LogP contribution in [-0.4, -0.2) is 31.4 Å². The number of benzene rings is 2. The Morgan fingerprint density at radius 3 is 2.58 bits per heavy atom. The van der Waals surface area contributed by atoms with Crippen molar-refractivity contribution in [2.75, 3.05) is 18.7 Å². The van der Waals surface area contributed by atoms with E-state index < -0.39 is 12.1 Å². The summed E-state index contributed by atoms with van der Waals surface area (Å²) >= 11 is 0. The maximum Gasteiger partial charge on any atom is 0.338 e. The molecule has 2 aromatic carbocycles. The molecule has 1 aliphatic rings. The third-order valence-electron chi connectivity index (χ3n) is 3.69. The summed E-state index contributed by atoms with van der Waals surface area (Å²) in [5, 5.41) is 2.76. The van der Waals surface area contributed by atoms with Crippen molar-refractivity contribution in [3.8, 4) is 17.2 Å². The minimum absolute atomic E-state index is 0.175. The quantitative estimate of drug-likeness (QED) is 0.800. The van der Waals surface area contributed by atoms with E-state index in [-0.39, 0.29) is 12.7 Å². The first-order valence-electron chi connectivity index (χ1n) is 8.21. The van der Waals surface area contributed by atoms with Gasteiger partial charge in [0.2, 0.25) is 6.79 Å². The summed E-state index contributed by atoms with van der Waals surface area (Å²) in [6.45, 7) is 3.87. The second-order valence-corrected chi connectivity index (χ2v) is 5.56. The van der Waals surface area contributed by atoms with Crippen molar-refractivity contribution >= 4 is 17.6 Å². The topological polar surface area (TPSA) is 83.1 Å². The highest BCUT2D eigenvalue weighted by atomic mass is 16.7. The smallest absolute Gasteiger partial charge is 0.338 e. The molecule has 0 saturated heterocycles. The molecule has 0 fully saturated rings. The Morgan fingerprint density at radius 1 is 1.12 bits per heavy atom. The highest BCUT2D eigenvalue weighted by molar-refractivity contribution is 5.94. The molecule has 1 atom stereocenters. The number of fused-ring (bicyclic) bond motifs is 1. The molecular weight excluding hydrogens is 338 g/mol.